The number of anilines is 1. The lowest BCUT2D eigenvalue weighted by Gasteiger charge is -2.13. The first kappa shape index (κ1) is 19.6. The van der Waals surface area contributed by atoms with Crippen molar-refractivity contribution in [2.75, 3.05) is 12.4 Å². The number of hydrogen-bond acceptors (Lipinski definition) is 4. The zero-order valence-electron chi connectivity index (χ0n) is 14.5. The molecule has 0 aliphatic carbocycles. The summed E-state index contributed by atoms with van der Waals surface area (Å²) in [5.41, 5.74) is 2.76. The first-order valence-electron chi connectivity index (χ1n) is 8.14. The van der Waals surface area contributed by atoms with Gasteiger partial charge in [0.25, 0.3) is 0 Å². The molecule has 0 saturated carbocycles. The second kappa shape index (κ2) is 9.18. The summed E-state index contributed by atoms with van der Waals surface area (Å²) in [5, 5.41) is 4.91. The maximum absolute atomic E-state index is 6.18. The van der Waals surface area contributed by atoms with E-state index in [-0.39, 0.29) is 0 Å². The SMILES string of the molecule is COc1cc(CNc2ccc(Cl)cc2Cl)ccc1OCc1ccc(Cl)nc1. The van der Waals surface area contributed by atoms with Gasteiger partial charge in [0.1, 0.15) is 11.8 Å². The Labute approximate surface area is 173 Å². The van der Waals surface area contributed by atoms with Crippen LogP contribution in [0.15, 0.2) is 54.7 Å². The van der Waals surface area contributed by atoms with Gasteiger partial charge in [-0.2, -0.15) is 0 Å². The maximum Gasteiger partial charge on any atom is 0.161 e. The van der Waals surface area contributed by atoms with Crippen molar-refractivity contribution in [1.82, 2.24) is 4.98 Å². The van der Waals surface area contributed by atoms with E-state index in [9.17, 15) is 0 Å². The maximum atomic E-state index is 6.18. The Hall–Kier alpha value is -2.14. The van der Waals surface area contributed by atoms with E-state index in [1.807, 2.05) is 30.3 Å². The second-order valence-electron chi connectivity index (χ2n) is 5.74. The van der Waals surface area contributed by atoms with Crippen LogP contribution in [0.25, 0.3) is 0 Å². The summed E-state index contributed by atoms with van der Waals surface area (Å²) < 4.78 is 11.3. The second-order valence-corrected chi connectivity index (χ2v) is 6.97. The molecule has 0 aliphatic heterocycles. The zero-order valence-corrected chi connectivity index (χ0v) is 16.8. The molecule has 0 radical (unpaired) electrons. The Balaban J connectivity index is 1.65. The topological polar surface area (TPSA) is 43.4 Å². The van der Waals surface area contributed by atoms with Gasteiger partial charge in [0.05, 0.1) is 17.8 Å². The van der Waals surface area contributed by atoms with E-state index in [1.54, 1.807) is 31.5 Å². The Morgan fingerprint density at radius 1 is 0.926 bits per heavy atom. The van der Waals surface area contributed by atoms with Gasteiger partial charge in [-0.05, 0) is 42.0 Å². The predicted octanol–water partition coefficient (Wildman–Crippen LogP) is 6.24. The number of ether oxygens (including phenoxy) is 2. The lowest BCUT2D eigenvalue weighted by molar-refractivity contribution is 0.284. The Bertz CT molecular complexity index is 918. The van der Waals surface area contributed by atoms with Crippen molar-refractivity contribution in [1.29, 1.82) is 0 Å². The molecule has 0 bridgehead atoms. The quantitative estimate of drug-likeness (QED) is 0.457. The first-order chi connectivity index (χ1) is 13.0. The molecule has 0 atom stereocenters. The third-order valence-corrected chi connectivity index (χ3v) is 4.60. The molecule has 1 aromatic heterocycles. The van der Waals surface area contributed by atoms with Crippen molar-refractivity contribution >= 4 is 40.5 Å². The molecule has 0 aliphatic rings. The normalized spacial score (nSPS) is 10.5. The Morgan fingerprint density at radius 3 is 2.44 bits per heavy atom. The molecule has 1 heterocycles. The van der Waals surface area contributed by atoms with E-state index in [4.69, 9.17) is 44.3 Å². The highest BCUT2D eigenvalue weighted by molar-refractivity contribution is 6.36. The summed E-state index contributed by atoms with van der Waals surface area (Å²) in [5.74, 6) is 1.30. The van der Waals surface area contributed by atoms with E-state index in [0.717, 1.165) is 16.8 Å². The molecule has 3 rings (SSSR count). The molecule has 4 nitrogen and oxygen atoms in total. The van der Waals surface area contributed by atoms with Gasteiger partial charge in [-0.1, -0.05) is 46.9 Å². The minimum absolute atomic E-state index is 0.374. The summed E-state index contributed by atoms with van der Waals surface area (Å²) in [4.78, 5) is 4.04. The third-order valence-electron chi connectivity index (χ3n) is 3.83. The smallest absolute Gasteiger partial charge is 0.161 e. The van der Waals surface area contributed by atoms with Gasteiger partial charge in [-0.3, -0.25) is 0 Å². The summed E-state index contributed by atoms with van der Waals surface area (Å²) >= 11 is 17.9. The van der Waals surface area contributed by atoms with Gasteiger partial charge in [0, 0.05) is 23.3 Å². The molecule has 0 saturated heterocycles. The van der Waals surface area contributed by atoms with E-state index < -0.39 is 0 Å². The zero-order chi connectivity index (χ0) is 19.2. The fourth-order valence-electron chi connectivity index (χ4n) is 2.42. The van der Waals surface area contributed by atoms with Crippen LogP contribution >= 0.6 is 34.8 Å². The van der Waals surface area contributed by atoms with Crippen LogP contribution in [0.1, 0.15) is 11.1 Å². The van der Waals surface area contributed by atoms with Crippen molar-refractivity contribution in [3.8, 4) is 11.5 Å². The number of rotatable bonds is 7. The van der Waals surface area contributed by atoms with Crippen molar-refractivity contribution in [2.45, 2.75) is 13.2 Å². The number of aromatic nitrogens is 1. The largest absolute Gasteiger partial charge is 0.493 e. The van der Waals surface area contributed by atoms with Crippen molar-refractivity contribution in [2.24, 2.45) is 0 Å². The van der Waals surface area contributed by atoms with Gasteiger partial charge in [-0.15, -0.1) is 0 Å². The molecule has 0 amide bonds. The Kier molecular flexibility index (Phi) is 6.67. The summed E-state index contributed by atoms with van der Waals surface area (Å²) in [6.07, 6.45) is 1.68. The lowest BCUT2D eigenvalue weighted by atomic mass is 10.2. The van der Waals surface area contributed by atoms with Crippen LogP contribution in [-0.4, -0.2) is 12.1 Å². The van der Waals surface area contributed by atoms with Crippen LogP contribution in [0.2, 0.25) is 15.2 Å². The minimum Gasteiger partial charge on any atom is -0.493 e. The molecule has 3 aromatic rings. The summed E-state index contributed by atoms with van der Waals surface area (Å²) in [6.45, 7) is 0.956. The van der Waals surface area contributed by atoms with Gasteiger partial charge < -0.3 is 14.8 Å². The molecule has 0 unspecified atom stereocenters. The van der Waals surface area contributed by atoms with Crippen LogP contribution in [0.3, 0.4) is 0 Å². The monoisotopic (exact) mass is 422 g/mol. The van der Waals surface area contributed by atoms with Crippen LogP contribution in [-0.2, 0) is 13.2 Å². The molecule has 0 spiro atoms. The average Bonchev–Trinajstić information content (AvgIpc) is 2.67. The highest BCUT2D eigenvalue weighted by atomic mass is 35.5. The van der Waals surface area contributed by atoms with E-state index >= 15 is 0 Å². The van der Waals surface area contributed by atoms with Crippen molar-refractivity contribution in [3.63, 3.8) is 0 Å². The van der Waals surface area contributed by atoms with E-state index in [1.165, 1.54) is 0 Å². The molecule has 0 fully saturated rings. The number of nitrogens with one attached hydrogen (secondary N) is 1. The van der Waals surface area contributed by atoms with Crippen molar-refractivity contribution in [3.05, 3.63) is 81.1 Å². The first-order valence-corrected chi connectivity index (χ1v) is 9.27. The number of methoxy groups -OCH3 is 1. The van der Waals surface area contributed by atoms with Crippen LogP contribution < -0.4 is 14.8 Å². The third kappa shape index (κ3) is 5.42. The van der Waals surface area contributed by atoms with Crippen LogP contribution in [0, 0.1) is 0 Å². The molecule has 1 N–H and O–H groups in total. The Morgan fingerprint density at radius 2 is 1.74 bits per heavy atom. The predicted molar refractivity (Wildman–Crippen MR) is 110 cm³/mol. The molecular formula is C20H17Cl3N2O2. The van der Waals surface area contributed by atoms with Gasteiger partial charge >= 0.3 is 0 Å². The van der Waals surface area contributed by atoms with Gasteiger partial charge in [0.15, 0.2) is 11.5 Å². The average molecular weight is 424 g/mol. The minimum atomic E-state index is 0.374. The standard InChI is InChI=1S/C20H17Cl3N2O2/c1-26-19-8-13(10-24-17-5-4-15(21)9-16(17)22)2-6-18(19)27-12-14-3-7-20(23)25-11-14/h2-9,11,24H,10,12H2,1H3. The number of nitrogens with zero attached hydrogens (tertiary/aromatic N) is 1. The van der Waals surface area contributed by atoms with Crippen molar-refractivity contribution < 1.29 is 9.47 Å². The lowest BCUT2D eigenvalue weighted by Crippen LogP contribution is -2.02. The van der Waals surface area contributed by atoms with E-state index in [2.05, 4.69) is 10.3 Å². The number of hydrogen-bond donors (Lipinski definition) is 1. The number of halogens is 3. The highest BCUT2D eigenvalue weighted by Gasteiger charge is 2.08. The van der Waals surface area contributed by atoms with E-state index in [0.29, 0.717) is 39.8 Å². The molecule has 140 valence electrons. The number of benzene rings is 2. The molecule has 2 aromatic carbocycles. The summed E-state index contributed by atoms with van der Waals surface area (Å²) in [7, 11) is 1.61. The van der Waals surface area contributed by atoms with Crippen LogP contribution in [0.4, 0.5) is 5.69 Å². The molecular weight excluding hydrogens is 407 g/mol. The molecule has 27 heavy (non-hydrogen) atoms. The fraction of sp³-hybridized carbons (Fsp3) is 0.150. The fourth-order valence-corrected chi connectivity index (χ4v) is 3.01. The summed E-state index contributed by atoms with van der Waals surface area (Å²) in [6, 6.07) is 14.7. The highest BCUT2D eigenvalue weighted by Crippen LogP contribution is 2.30. The van der Waals surface area contributed by atoms with Gasteiger partial charge in [0.2, 0.25) is 0 Å². The van der Waals surface area contributed by atoms with Crippen LogP contribution in [0.5, 0.6) is 11.5 Å². The molecule has 7 heteroatoms. The van der Waals surface area contributed by atoms with Gasteiger partial charge in [-0.25, -0.2) is 4.98 Å². The number of pyridine rings is 1.